The molecule has 0 radical (unpaired) electrons. The molecule has 0 saturated carbocycles. The van der Waals surface area contributed by atoms with E-state index in [0.717, 1.165) is 6.26 Å². The van der Waals surface area contributed by atoms with Crippen LogP contribution in [0.3, 0.4) is 0 Å². The molecule has 3 rings (SSSR count). The molecule has 1 atom stereocenters. The molecule has 1 aromatic carbocycles. The van der Waals surface area contributed by atoms with Crippen molar-refractivity contribution in [2.75, 3.05) is 6.26 Å². The molecule has 0 bridgehead atoms. The van der Waals surface area contributed by atoms with Gasteiger partial charge in [-0.3, -0.25) is 4.79 Å². The Balaban J connectivity index is 0.00000300. The lowest BCUT2D eigenvalue weighted by Gasteiger charge is -2.15. The molecule has 8 nitrogen and oxygen atoms in total. The molecule has 3 aromatic rings. The number of hydrogen-bond acceptors (Lipinski definition) is 6. The van der Waals surface area contributed by atoms with Gasteiger partial charge < -0.3 is 5.32 Å². The summed E-state index contributed by atoms with van der Waals surface area (Å²) in [5.41, 5.74) is 0.117. The fraction of sp³-hybridized carbons (Fsp3) is 0.176. The van der Waals surface area contributed by atoms with E-state index in [2.05, 4.69) is 20.4 Å². The Morgan fingerprint density at radius 2 is 1.93 bits per heavy atom. The third-order valence-corrected chi connectivity index (χ3v) is 5.31. The van der Waals surface area contributed by atoms with E-state index in [1.807, 2.05) is 0 Å². The number of halogens is 2. The first-order valence-electron chi connectivity index (χ1n) is 7.99. The van der Waals surface area contributed by atoms with Gasteiger partial charge in [0, 0.05) is 16.8 Å². The second-order valence-electron chi connectivity index (χ2n) is 5.99. The van der Waals surface area contributed by atoms with Crippen molar-refractivity contribution >= 4 is 52.4 Å². The second-order valence-corrected chi connectivity index (χ2v) is 8.83. The number of benzene rings is 1. The fourth-order valence-electron chi connectivity index (χ4n) is 2.49. The van der Waals surface area contributed by atoms with Gasteiger partial charge in [-0.05, 0) is 37.3 Å². The molecule has 1 amide bonds. The molecule has 2 aromatic heterocycles. The molecule has 1 N–H and O–H groups in total. The molecule has 0 unspecified atom stereocenters. The Kier molecular flexibility index (Phi) is 7.28. The predicted octanol–water partition coefficient (Wildman–Crippen LogP) is 2.98. The minimum atomic E-state index is -3.51. The van der Waals surface area contributed by atoms with Gasteiger partial charge in [-0.1, -0.05) is 29.3 Å². The minimum absolute atomic E-state index is 0. The highest BCUT2D eigenvalue weighted by molar-refractivity contribution is 7.90. The highest BCUT2D eigenvalue weighted by atomic mass is 35.5. The van der Waals surface area contributed by atoms with Gasteiger partial charge in [0.15, 0.2) is 21.5 Å². The van der Waals surface area contributed by atoms with Crippen molar-refractivity contribution in [2.24, 2.45) is 0 Å². The number of carbonyl (C=O) groups is 1. The van der Waals surface area contributed by atoms with E-state index in [1.165, 1.54) is 29.2 Å². The molecule has 154 valence electrons. The van der Waals surface area contributed by atoms with Crippen molar-refractivity contribution in [2.45, 2.75) is 17.9 Å². The number of aromatic nitrogens is 4. The number of carbonyl (C=O) groups excluding carboxylic acids is 1. The molecule has 0 aliphatic rings. The number of nitrogens with one attached hydrogen (secondary N) is 1. The number of pyridine rings is 1. The van der Waals surface area contributed by atoms with Gasteiger partial charge in [0.2, 0.25) is 0 Å². The standard InChI is InChI=1S/C17H15Cl2N5O3S.H2S/c1-10(16-20-9-21-24(16)15-5-3-4-14(19)23-15)22-17(25)11-6-12(18)8-13(7-11)28(2,26)27;/h3-10H,1-2H3,(H,22,25);1H2/t10-;/m1./s1. The maximum atomic E-state index is 12.6. The molecule has 0 aliphatic heterocycles. The predicted molar refractivity (Wildman–Crippen MR) is 115 cm³/mol. The van der Waals surface area contributed by atoms with Crippen LogP contribution in [0.15, 0.2) is 47.6 Å². The van der Waals surface area contributed by atoms with Crippen molar-refractivity contribution in [3.05, 3.63) is 64.3 Å². The van der Waals surface area contributed by atoms with Gasteiger partial charge in [0.25, 0.3) is 5.91 Å². The van der Waals surface area contributed by atoms with E-state index in [1.54, 1.807) is 25.1 Å². The Morgan fingerprint density at radius 3 is 2.59 bits per heavy atom. The maximum Gasteiger partial charge on any atom is 0.251 e. The van der Waals surface area contributed by atoms with Crippen LogP contribution < -0.4 is 5.32 Å². The minimum Gasteiger partial charge on any atom is -0.342 e. The zero-order chi connectivity index (χ0) is 20.5. The summed E-state index contributed by atoms with van der Waals surface area (Å²) in [5, 5.41) is 7.31. The molecular weight excluding hydrogens is 457 g/mol. The van der Waals surface area contributed by atoms with Crippen LogP contribution in [0.5, 0.6) is 0 Å². The highest BCUT2D eigenvalue weighted by Gasteiger charge is 2.20. The quantitative estimate of drug-likeness (QED) is 0.570. The molecule has 29 heavy (non-hydrogen) atoms. The Labute approximate surface area is 184 Å². The van der Waals surface area contributed by atoms with Crippen LogP contribution in [0.2, 0.25) is 10.2 Å². The fourth-order valence-corrected chi connectivity index (χ4v) is 3.63. The molecule has 0 fully saturated rings. The lowest BCUT2D eigenvalue weighted by molar-refractivity contribution is 0.0937. The van der Waals surface area contributed by atoms with Gasteiger partial charge in [-0.15, -0.1) is 0 Å². The summed E-state index contributed by atoms with van der Waals surface area (Å²) in [6.45, 7) is 1.71. The molecular formula is C17H17Cl2N5O3S2. The van der Waals surface area contributed by atoms with Crippen molar-refractivity contribution in [1.29, 1.82) is 0 Å². The third-order valence-electron chi connectivity index (χ3n) is 3.79. The molecule has 2 heterocycles. The Bertz CT molecular complexity index is 1150. The third kappa shape index (κ3) is 5.47. The molecule has 0 aliphatic carbocycles. The first kappa shape index (κ1) is 23.1. The second kappa shape index (κ2) is 9.12. The topological polar surface area (TPSA) is 107 Å². The summed E-state index contributed by atoms with van der Waals surface area (Å²) in [4.78, 5) is 20.9. The summed E-state index contributed by atoms with van der Waals surface area (Å²) >= 11 is 11.9. The van der Waals surface area contributed by atoms with Gasteiger partial charge in [0.1, 0.15) is 11.5 Å². The Hall–Kier alpha value is -2.14. The normalized spacial score (nSPS) is 12.1. The van der Waals surface area contributed by atoms with Crippen LogP contribution >= 0.6 is 36.7 Å². The van der Waals surface area contributed by atoms with Crippen molar-refractivity contribution < 1.29 is 13.2 Å². The number of sulfone groups is 1. The first-order valence-corrected chi connectivity index (χ1v) is 10.6. The molecule has 0 saturated heterocycles. The van der Waals surface area contributed by atoms with Crippen LogP contribution in [-0.2, 0) is 9.84 Å². The van der Waals surface area contributed by atoms with E-state index in [4.69, 9.17) is 23.2 Å². The summed E-state index contributed by atoms with van der Waals surface area (Å²) in [6.07, 6.45) is 2.38. The van der Waals surface area contributed by atoms with Crippen LogP contribution in [0.4, 0.5) is 0 Å². The largest absolute Gasteiger partial charge is 0.342 e. The van der Waals surface area contributed by atoms with Crippen molar-refractivity contribution in [1.82, 2.24) is 25.1 Å². The van der Waals surface area contributed by atoms with Gasteiger partial charge >= 0.3 is 0 Å². The number of nitrogens with zero attached hydrogens (tertiary/aromatic N) is 4. The van der Waals surface area contributed by atoms with Crippen LogP contribution in [0, 0.1) is 0 Å². The van der Waals surface area contributed by atoms with Gasteiger partial charge in [-0.2, -0.15) is 23.3 Å². The van der Waals surface area contributed by atoms with E-state index < -0.39 is 21.8 Å². The first-order chi connectivity index (χ1) is 13.1. The van der Waals surface area contributed by atoms with E-state index in [-0.39, 0.29) is 29.0 Å². The van der Waals surface area contributed by atoms with Crippen molar-refractivity contribution in [3.63, 3.8) is 0 Å². The monoisotopic (exact) mass is 473 g/mol. The number of hydrogen-bond donors (Lipinski definition) is 1. The van der Waals surface area contributed by atoms with Crippen LogP contribution in [0.25, 0.3) is 5.82 Å². The highest BCUT2D eigenvalue weighted by Crippen LogP contribution is 2.20. The average molecular weight is 474 g/mol. The zero-order valence-electron chi connectivity index (χ0n) is 15.3. The number of amides is 1. The smallest absolute Gasteiger partial charge is 0.251 e. The maximum absolute atomic E-state index is 12.6. The van der Waals surface area contributed by atoms with Crippen LogP contribution in [-0.4, -0.2) is 40.3 Å². The lowest BCUT2D eigenvalue weighted by atomic mass is 10.2. The average Bonchev–Trinajstić information content (AvgIpc) is 3.10. The molecule has 0 spiro atoms. The Morgan fingerprint density at radius 1 is 1.21 bits per heavy atom. The van der Waals surface area contributed by atoms with E-state index >= 15 is 0 Å². The van der Waals surface area contributed by atoms with E-state index in [9.17, 15) is 13.2 Å². The summed E-state index contributed by atoms with van der Waals surface area (Å²) < 4.78 is 25.0. The SMILES string of the molecule is C[C@@H](NC(=O)c1cc(Cl)cc(S(C)(=O)=O)c1)c1ncnn1-c1cccc(Cl)n1.S. The summed E-state index contributed by atoms with van der Waals surface area (Å²) in [5.74, 6) is 0.366. The summed E-state index contributed by atoms with van der Waals surface area (Å²) in [7, 11) is -3.51. The molecule has 12 heteroatoms. The lowest BCUT2D eigenvalue weighted by Crippen LogP contribution is -2.29. The summed E-state index contributed by atoms with van der Waals surface area (Å²) in [6, 6.07) is 8.45. The van der Waals surface area contributed by atoms with Gasteiger partial charge in [-0.25, -0.2) is 18.4 Å². The van der Waals surface area contributed by atoms with Crippen molar-refractivity contribution in [3.8, 4) is 5.82 Å². The van der Waals surface area contributed by atoms with E-state index in [0.29, 0.717) is 16.8 Å². The van der Waals surface area contributed by atoms with Gasteiger partial charge in [0.05, 0.1) is 10.9 Å². The zero-order valence-corrected chi connectivity index (χ0v) is 18.6. The van der Waals surface area contributed by atoms with Crippen LogP contribution in [0.1, 0.15) is 29.1 Å². The number of rotatable bonds is 5.